The molecule has 1 saturated heterocycles. The van der Waals surface area contributed by atoms with Gasteiger partial charge in [-0.2, -0.15) is 0 Å². The number of rotatable bonds is 6. The maximum Gasteiger partial charge on any atom is 0.119 e. The Morgan fingerprint density at radius 2 is 2.14 bits per heavy atom. The minimum atomic E-state index is 0.505. The summed E-state index contributed by atoms with van der Waals surface area (Å²) in [5.41, 5.74) is 1.41. The van der Waals surface area contributed by atoms with Gasteiger partial charge in [-0.25, -0.2) is 0 Å². The lowest BCUT2D eigenvalue weighted by atomic mass is 9.89. The second kappa shape index (κ2) is 8.40. The molecule has 3 nitrogen and oxygen atoms in total. The van der Waals surface area contributed by atoms with E-state index in [1.54, 1.807) is 0 Å². The molecule has 1 fully saturated rings. The minimum Gasteiger partial charge on any atom is -0.494 e. The summed E-state index contributed by atoms with van der Waals surface area (Å²) in [6.07, 6.45) is 3.96. The molecule has 0 aromatic heterocycles. The van der Waals surface area contributed by atoms with Crippen molar-refractivity contribution in [2.24, 2.45) is 5.92 Å². The quantitative estimate of drug-likeness (QED) is 0.868. The molecule has 1 aromatic carbocycles. The summed E-state index contributed by atoms with van der Waals surface area (Å²) in [5.74, 6) is 1.67. The number of nitrogens with zero attached hydrogens (tertiary/aromatic N) is 1. The van der Waals surface area contributed by atoms with E-state index in [1.165, 1.54) is 31.4 Å². The van der Waals surface area contributed by atoms with Gasteiger partial charge in [-0.15, -0.1) is 0 Å². The number of benzene rings is 1. The van der Waals surface area contributed by atoms with Crippen LogP contribution in [0, 0.1) is 5.92 Å². The maximum absolute atomic E-state index is 5.70. The molecule has 2 unspecified atom stereocenters. The van der Waals surface area contributed by atoms with Crippen molar-refractivity contribution >= 4 is 0 Å². The zero-order valence-electron chi connectivity index (χ0n) is 13.8. The van der Waals surface area contributed by atoms with Crippen LogP contribution in [0.15, 0.2) is 24.3 Å². The lowest BCUT2D eigenvalue weighted by Gasteiger charge is -2.35. The van der Waals surface area contributed by atoms with Crippen LogP contribution in [0.1, 0.15) is 44.7 Å². The Morgan fingerprint density at radius 1 is 1.29 bits per heavy atom. The predicted molar refractivity (Wildman–Crippen MR) is 88.9 cm³/mol. The number of nitrogens with one attached hydrogen (secondary N) is 1. The second-order valence-corrected chi connectivity index (χ2v) is 5.89. The monoisotopic (exact) mass is 290 g/mol. The van der Waals surface area contributed by atoms with E-state index in [-0.39, 0.29) is 0 Å². The van der Waals surface area contributed by atoms with Crippen molar-refractivity contribution in [3.05, 3.63) is 29.8 Å². The molecule has 0 spiro atoms. The predicted octanol–water partition coefficient (Wildman–Crippen LogP) is 3.47. The minimum absolute atomic E-state index is 0.505. The number of hydrogen-bond donors (Lipinski definition) is 1. The lowest BCUT2D eigenvalue weighted by Crippen LogP contribution is -2.36. The smallest absolute Gasteiger partial charge is 0.119 e. The Hall–Kier alpha value is -1.06. The van der Waals surface area contributed by atoms with Crippen LogP contribution in [0.3, 0.4) is 0 Å². The summed E-state index contributed by atoms with van der Waals surface area (Å²) in [7, 11) is 2.06. The molecule has 21 heavy (non-hydrogen) atoms. The summed E-state index contributed by atoms with van der Waals surface area (Å²) < 4.78 is 5.70. The van der Waals surface area contributed by atoms with Crippen molar-refractivity contribution in [2.45, 2.75) is 39.2 Å². The fourth-order valence-electron chi connectivity index (χ4n) is 3.59. The standard InChI is InChI=1S/C18H30N2O/c1-4-20-12-7-6-9-16(14-19-3)18(20)15-10-8-11-17(13-15)21-5-2/h8,10-11,13,16,18-19H,4-7,9,12,14H2,1-3H3. The molecule has 1 aliphatic heterocycles. The Balaban J connectivity index is 2.29. The average molecular weight is 290 g/mol. The van der Waals surface area contributed by atoms with Crippen LogP contribution < -0.4 is 10.1 Å². The van der Waals surface area contributed by atoms with Crippen LogP contribution in [0.4, 0.5) is 0 Å². The first kappa shape index (κ1) is 16.3. The summed E-state index contributed by atoms with van der Waals surface area (Å²) >= 11 is 0. The summed E-state index contributed by atoms with van der Waals surface area (Å²) in [4.78, 5) is 2.64. The van der Waals surface area contributed by atoms with Crippen molar-refractivity contribution in [1.82, 2.24) is 10.2 Å². The van der Waals surface area contributed by atoms with Crippen molar-refractivity contribution in [2.75, 3.05) is 33.3 Å². The third-order valence-electron chi connectivity index (χ3n) is 4.49. The average Bonchev–Trinajstić information content (AvgIpc) is 2.70. The molecule has 3 heteroatoms. The Kier molecular flexibility index (Phi) is 6.52. The molecule has 2 rings (SSSR count). The topological polar surface area (TPSA) is 24.5 Å². The first-order chi connectivity index (χ1) is 10.3. The van der Waals surface area contributed by atoms with Gasteiger partial charge in [0.25, 0.3) is 0 Å². The second-order valence-electron chi connectivity index (χ2n) is 5.89. The molecule has 1 N–H and O–H groups in total. The first-order valence-electron chi connectivity index (χ1n) is 8.41. The van der Waals surface area contributed by atoms with Gasteiger partial charge in [-0.1, -0.05) is 25.5 Å². The molecule has 1 aromatic rings. The molecule has 0 radical (unpaired) electrons. The molecule has 0 bridgehead atoms. The molecule has 1 heterocycles. The third kappa shape index (κ3) is 4.21. The van der Waals surface area contributed by atoms with E-state index in [0.29, 0.717) is 12.0 Å². The lowest BCUT2D eigenvalue weighted by molar-refractivity contribution is 0.162. The van der Waals surface area contributed by atoms with E-state index in [2.05, 4.69) is 48.5 Å². The van der Waals surface area contributed by atoms with Gasteiger partial charge in [-0.3, -0.25) is 4.90 Å². The van der Waals surface area contributed by atoms with E-state index >= 15 is 0 Å². The number of ether oxygens (including phenoxy) is 1. The van der Waals surface area contributed by atoms with Crippen molar-refractivity contribution in [3.8, 4) is 5.75 Å². The van der Waals surface area contributed by atoms with Gasteiger partial charge < -0.3 is 10.1 Å². The van der Waals surface area contributed by atoms with Gasteiger partial charge in [-0.05, 0) is 70.1 Å². The van der Waals surface area contributed by atoms with E-state index < -0.39 is 0 Å². The van der Waals surface area contributed by atoms with Crippen LogP contribution in [0.25, 0.3) is 0 Å². The normalized spacial score (nSPS) is 23.8. The fourth-order valence-corrected chi connectivity index (χ4v) is 3.59. The van der Waals surface area contributed by atoms with Crippen LogP contribution >= 0.6 is 0 Å². The number of hydrogen-bond acceptors (Lipinski definition) is 3. The molecule has 2 atom stereocenters. The van der Waals surface area contributed by atoms with Crippen molar-refractivity contribution in [1.29, 1.82) is 0 Å². The van der Waals surface area contributed by atoms with Crippen molar-refractivity contribution < 1.29 is 4.74 Å². The third-order valence-corrected chi connectivity index (χ3v) is 4.49. The van der Waals surface area contributed by atoms with E-state index in [1.807, 2.05) is 6.92 Å². The maximum atomic E-state index is 5.70. The molecule has 1 aliphatic rings. The summed E-state index contributed by atoms with van der Waals surface area (Å²) in [5, 5.41) is 3.39. The molecule has 0 saturated carbocycles. The Bertz CT molecular complexity index is 421. The SMILES string of the molecule is CCOc1cccc(C2C(CNC)CCCCN2CC)c1. The zero-order valence-corrected chi connectivity index (χ0v) is 13.8. The van der Waals surface area contributed by atoms with Crippen LogP contribution in [-0.2, 0) is 0 Å². The molecule has 118 valence electrons. The fraction of sp³-hybridized carbons (Fsp3) is 0.667. The van der Waals surface area contributed by atoms with Gasteiger partial charge in [0.15, 0.2) is 0 Å². The van der Waals surface area contributed by atoms with E-state index in [0.717, 1.165) is 25.4 Å². The van der Waals surface area contributed by atoms with Crippen LogP contribution in [-0.4, -0.2) is 38.2 Å². The van der Waals surface area contributed by atoms with Crippen LogP contribution in [0.5, 0.6) is 5.75 Å². The highest BCUT2D eigenvalue weighted by Crippen LogP contribution is 2.35. The Morgan fingerprint density at radius 3 is 2.86 bits per heavy atom. The Labute approximate surface area is 129 Å². The van der Waals surface area contributed by atoms with Gasteiger partial charge in [0.1, 0.15) is 5.75 Å². The highest BCUT2D eigenvalue weighted by molar-refractivity contribution is 5.31. The van der Waals surface area contributed by atoms with E-state index in [9.17, 15) is 0 Å². The van der Waals surface area contributed by atoms with Crippen molar-refractivity contribution in [3.63, 3.8) is 0 Å². The van der Waals surface area contributed by atoms with Gasteiger partial charge in [0, 0.05) is 6.04 Å². The van der Waals surface area contributed by atoms with Gasteiger partial charge in [0.05, 0.1) is 6.61 Å². The summed E-state index contributed by atoms with van der Waals surface area (Å²) in [6.45, 7) is 8.46. The zero-order chi connectivity index (χ0) is 15.1. The first-order valence-corrected chi connectivity index (χ1v) is 8.41. The van der Waals surface area contributed by atoms with Crippen LogP contribution in [0.2, 0.25) is 0 Å². The molecule has 0 aliphatic carbocycles. The molecular formula is C18H30N2O. The van der Waals surface area contributed by atoms with E-state index in [4.69, 9.17) is 4.74 Å². The largest absolute Gasteiger partial charge is 0.494 e. The summed E-state index contributed by atoms with van der Waals surface area (Å²) in [6, 6.07) is 9.21. The highest BCUT2D eigenvalue weighted by Gasteiger charge is 2.29. The molecule has 0 amide bonds. The molecular weight excluding hydrogens is 260 g/mol. The van der Waals surface area contributed by atoms with Gasteiger partial charge in [0.2, 0.25) is 0 Å². The highest BCUT2D eigenvalue weighted by atomic mass is 16.5. The number of likely N-dealkylation sites (tertiary alicyclic amines) is 1. The van der Waals surface area contributed by atoms with Gasteiger partial charge >= 0.3 is 0 Å².